The molecule has 0 spiro atoms. The molecule has 1 saturated heterocycles. The molecule has 7 nitrogen and oxygen atoms in total. The van der Waals surface area contributed by atoms with E-state index < -0.39 is 19.9 Å². The second kappa shape index (κ2) is 7.43. The normalized spacial score (nSPS) is 18.7. The number of hydrogen-bond acceptors (Lipinski definition) is 5. The molecule has 9 heteroatoms. The first-order valence-corrected chi connectivity index (χ1v) is 11.8. The van der Waals surface area contributed by atoms with Gasteiger partial charge in [-0.3, -0.25) is 4.79 Å². The van der Waals surface area contributed by atoms with Crippen molar-refractivity contribution in [3.63, 3.8) is 0 Å². The number of benzene rings is 1. The number of amides is 1. The second-order valence-electron chi connectivity index (χ2n) is 6.51. The molecule has 0 aromatic heterocycles. The largest absolute Gasteiger partial charge is 0.349 e. The Morgan fingerprint density at radius 2 is 1.60 bits per heavy atom. The average molecular weight is 389 g/mol. The van der Waals surface area contributed by atoms with Gasteiger partial charge < -0.3 is 5.32 Å². The van der Waals surface area contributed by atoms with Crippen LogP contribution in [0, 0.1) is 5.92 Å². The summed E-state index contributed by atoms with van der Waals surface area (Å²) < 4.78 is 47.4. The third-order valence-corrected chi connectivity index (χ3v) is 6.89. The third-order valence-electron chi connectivity index (χ3n) is 4.46. The number of nitrogens with zero attached hydrogens (tertiary/aromatic N) is 1. The number of carbonyl (C=O) groups excluding carboxylic acids is 1. The van der Waals surface area contributed by atoms with Crippen molar-refractivity contribution in [3.05, 3.63) is 29.8 Å². The Morgan fingerprint density at radius 1 is 1.08 bits per heavy atom. The van der Waals surface area contributed by atoms with Crippen LogP contribution in [0.5, 0.6) is 0 Å². The van der Waals surface area contributed by atoms with Crippen molar-refractivity contribution in [1.29, 1.82) is 0 Å². The highest BCUT2D eigenvalue weighted by Crippen LogP contribution is 2.21. The van der Waals surface area contributed by atoms with Crippen LogP contribution in [0.25, 0.3) is 0 Å². The number of rotatable bonds is 5. The number of hydrogen-bond donors (Lipinski definition) is 1. The Hall–Kier alpha value is -1.45. The molecule has 1 heterocycles. The Morgan fingerprint density at radius 3 is 2.04 bits per heavy atom. The minimum absolute atomic E-state index is 0.104. The van der Waals surface area contributed by atoms with Crippen LogP contribution < -0.4 is 5.32 Å². The van der Waals surface area contributed by atoms with Gasteiger partial charge in [0.05, 0.1) is 17.2 Å². The standard InChI is InChI=1S/C16H24N2O5S2/c1-12(13-4-6-15(7-5-13)24(2,20)21)17-16(19)14-8-10-18(11-9-14)25(3,22)23/h4-7,12,14H,8-11H2,1-3H3,(H,17,19)/t12-/m0/s1. The topological polar surface area (TPSA) is 101 Å². The molecular formula is C16H24N2O5S2. The van der Waals surface area contributed by atoms with Crippen molar-refractivity contribution in [2.45, 2.75) is 30.7 Å². The highest BCUT2D eigenvalue weighted by molar-refractivity contribution is 7.90. The number of nitrogens with one attached hydrogen (secondary N) is 1. The smallest absolute Gasteiger partial charge is 0.223 e. The summed E-state index contributed by atoms with van der Waals surface area (Å²) in [6.07, 6.45) is 3.32. The molecule has 1 aliphatic rings. The monoisotopic (exact) mass is 388 g/mol. The van der Waals surface area contributed by atoms with Crippen molar-refractivity contribution < 1.29 is 21.6 Å². The van der Waals surface area contributed by atoms with Crippen molar-refractivity contribution in [3.8, 4) is 0 Å². The van der Waals surface area contributed by atoms with Crippen LogP contribution in [0.15, 0.2) is 29.2 Å². The molecule has 1 aromatic rings. The second-order valence-corrected chi connectivity index (χ2v) is 10.5. The van der Waals surface area contributed by atoms with Gasteiger partial charge in [0.15, 0.2) is 9.84 Å². The molecule has 1 atom stereocenters. The summed E-state index contributed by atoms with van der Waals surface area (Å²) in [7, 11) is -6.45. The van der Waals surface area contributed by atoms with E-state index in [9.17, 15) is 21.6 Å². The molecule has 0 unspecified atom stereocenters. The molecule has 25 heavy (non-hydrogen) atoms. The molecule has 1 fully saturated rings. The van der Waals surface area contributed by atoms with Gasteiger partial charge in [-0.15, -0.1) is 0 Å². The molecule has 2 rings (SSSR count). The fraction of sp³-hybridized carbons (Fsp3) is 0.562. The lowest BCUT2D eigenvalue weighted by atomic mass is 9.96. The minimum Gasteiger partial charge on any atom is -0.349 e. The highest BCUT2D eigenvalue weighted by Gasteiger charge is 2.29. The van der Waals surface area contributed by atoms with Gasteiger partial charge in [0, 0.05) is 25.3 Å². The lowest BCUT2D eigenvalue weighted by Gasteiger charge is -2.30. The number of piperidine rings is 1. The van der Waals surface area contributed by atoms with Gasteiger partial charge in [0.2, 0.25) is 15.9 Å². The molecule has 1 aliphatic heterocycles. The van der Waals surface area contributed by atoms with Crippen LogP contribution in [-0.4, -0.2) is 52.6 Å². The van der Waals surface area contributed by atoms with E-state index in [2.05, 4.69) is 5.32 Å². The lowest BCUT2D eigenvalue weighted by molar-refractivity contribution is -0.126. The van der Waals surface area contributed by atoms with Crippen LogP contribution in [-0.2, 0) is 24.7 Å². The van der Waals surface area contributed by atoms with Crippen LogP contribution in [0.3, 0.4) is 0 Å². The summed E-state index contributed by atoms with van der Waals surface area (Å²) in [5.74, 6) is -0.316. The fourth-order valence-electron chi connectivity index (χ4n) is 2.87. The Bertz CT molecular complexity index is 824. The molecule has 1 aromatic carbocycles. The summed E-state index contributed by atoms with van der Waals surface area (Å²) in [4.78, 5) is 12.6. The summed E-state index contributed by atoms with van der Waals surface area (Å²) in [5, 5.41) is 2.92. The van der Waals surface area contributed by atoms with E-state index >= 15 is 0 Å². The zero-order chi connectivity index (χ0) is 18.8. The summed E-state index contributed by atoms with van der Waals surface area (Å²) >= 11 is 0. The molecular weight excluding hydrogens is 364 g/mol. The van der Waals surface area contributed by atoms with Crippen LogP contribution >= 0.6 is 0 Å². The Balaban J connectivity index is 1.95. The minimum atomic E-state index is -3.24. The van der Waals surface area contributed by atoms with Gasteiger partial charge in [-0.25, -0.2) is 21.1 Å². The zero-order valence-corrected chi connectivity index (χ0v) is 16.2. The predicted molar refractivity (Wildman–Crippen MR) is 95.3 cm³/mol. The van der Waals surface area contributed by atoms with Gasteiger partial charge in [0.25, 0.3) is 0 Å². The fourth-order valence-corrected chi connectivity index (χ4v) is 4.37. The first kappa shape index (κ1) is 19.9. The Kier molecular flexibility index (Phi) is 5.90. The third kappa shape index (κ3) is 5.26. The SMILES string of the molecule is C[C@H](NC(=O)C1CCN(S(C)(=O)=O)CC1)c1ccc(S(C)(=O)=O)cc1. The molecule has 0 aliphatic carbocycles. The molecule has 1 amide bonds. The van der Waals surface area contributed by atoms with E-state index in [0.29, 0.717) is 25.9 Å². The van der Waals surface area contributed by atoms with Gasteiger partial charge in [-0.2, -0.15) is 0 Å². The number of sulfonamides is 1. The van der Waals surface area contributed by atoms with E-state index in [4.69, 9.17) is 0 Å². The summed E-state index contributed by atoms with van der Waals surface area (Å²) in [5.41, 5.74) is 0.814. The van der Waals surface area contributed by atoms with E-state index in [0.717, 1.165) is 11.8 Å². The zero-order valence-electron chi connectivity index (χ0n) is 14.6. The average Bonchev–Trinajstić information content (AvgIpc) is 2.53. The number of sulfone groups is 1. The molecule has 1 N–H and O–H groups in total. The highest BCUT2D eigenvalue weighted by atomic mass is 32.2. The van der Waals surface area contributed by atoms with Crippen molar-refractivity contribution >= 4 is 25.8 Å². The van der Waals surface area contributed by atoms with Gasteiger partial charge in [-0.05, 0) is 37.5 Å². The summed E-state index contributed by atoms with van der Waals surface area (Å²) in [6, 6.07) is 6.17. The predicted octanol–water partition coefficient (Wildman–Crippen LogP) is 0.939. The molecule has 140 valence electrons. The van der Waals surface area contributed by atoms with Crippen molar-refractivity contribution in [1.82, 2.24) is 9.62 Å². The first-order valence-electron chi connectivity index (χ1n) is 8.04. The maximum absolute atomic E-state index is 12.4. The van der Waals surface area contributed by atoms with E-state index in [1.54, 1.807) is 12.1 Å². The van der Waals surface area contributed by atoms with Gasteiger partial charge >= 0.3 is 0 Å². The first-order chi connectivity index (χ1) is 11.5. The molecule has 0 saturated carbocycles. The van der Waals surface area contributed by atoms with Gasteiger partial charge in [-0.1, -0.05) is 12.1 Å². The van der Waals surface area contributed by atoms with Crippen LogP contribution in [0.2, 0.25) is 0 Å². The maximum atomic E-state index is 12.4. The van der Waals surface area contributed by atoms with Crippen molar-refractivity contribution in [2.75, 3.05) is 25.6 Å². The van der Waals surface area contributed by atoms with Crippen molar-refractivity contribution in [2.24, 2.45) is 5.92 Å². The molecule has 0 bridgehead atoms. The molecule has 0 radical (unpaired) electrons. The van der Waals surface area contributed by atoms with Crippen LogP contribution in [0.4, 0.5) is 0 Å². The number of carbonyl (C=O) groups is 1. The quantitative estimate of drug-likeness (QED) is 0.809. The van der Waals surface area contributed by atoms with Gasteiger partial charge in [0.1, 0.15) is 0 Å². The van der Waals surface area contributed by atoms with E-state index in [1.807, 2.05) is 6.92 Å². The summed E-state index contributed by atoms with van der Waals surface area (Å²) in [6.45, 7) is 2.54. The van der Waals surface area contributed by atoms with Crippen LogP contribution in [0.1, 0.15) is 31.4 Å². The van der Waals surface area contributed by atoms with E-state index in [-0.39, 0.29) is 22.8 Å². The maximum Gasteiger partial charge on any atom is 0.223 e. The Labute approximate surface area is 149 Å². The van der Waals surface area contributed by atoms with E-state index in [1.165, 1.54) is 22.7 Å². The lowest BCUT2D eigenvalue weighted by Crippen LogP contribution is -2.43.